The van der Waals surface area contributed by atoms with Gasteiger partial charge in [0.25, 0.3) is 5.56 Å². The third-order valence-corrected chi connectivity index (χ3v) is 5.18. The van der Waals surface area contributed by atoms with Crippen LogP contribution in [0, 0.1) is 25.7 Å². The summed E-state index contributed by atoms with van der Waals surface area (Å²) >= 11 is 0. The monoisotopic (exact) mass is 372 g/mol. The second-order valence-corrected chi connectivity index (χ2v) is 7.93. The van der Waals surface area contributed by atoms with Crippen molar-refractivity contribution >= 4 is 11.6 Å². The van der Waals surface area contributed by atoms with Gasteiger partial charge in [0, 0.05) is 18.7 Å². The molecule has 1 aliphatic rings. The van der Waals surface area contributed by atoms with Crippen LogP contribution in [0.4, 0.5) is 5.69 Å². The van der Waals surface area contributed by atoms with E-state index in [1.807, 2.05) is 24.8 Å². The summed E-state index contributed by atoms with van der Waals surface area (Å²) in [6.07, 6.45) is 1.11. The third-order valence-electron chi connectivity index (χ3n) is 5.18. The zero-order valence-corrected chi connectivity index (χ0v) is 16.7. The SMILES string of the molecule is Cc1cc(-c2cc(N)c(=O)n([C@H](C)C(=O)N3C[C@@H](C)C[C@H](C)C3)n2)c(C)o1. The lowest BCUT2D eigenvalue weighted by Crippen LogP contribution is -2.47. The van der Waals surface area contributed by atoms with Gasteiger partial charge in [-0.1, -0.05) is 13.8 Å². The molecular formula is C20H28N4O3. The number of piperidine rings is 1. The summed E-state index contributed by atoms with van der Waals surface area (Å²) in [4.78, 5) is 27.5. The van der Waals surface area contributed by atoms with Crippen molar-refractivity contribution in [3.8, 4) is 11.3 Å². The molecule has 7 heteroatoms. The highest BCUT2D eigenvalue weighted by atomic mass is 16.3. The highest BCUT2D eigenvalue weighted by molar-refractivity contribution is 5.80. The first-order valence-corrected chi connectivity index (χ1v) is 9.43. The lowest BCUT2D eigenvalue weighted by molar-refractivity contribution is -0.137. The van der Waals surface area contributed by atoms with E-state index in [4.69, 9.17) is 10.2 Å². The molecule has 0 aromatic carbocycles. The van der Waals surface area contributed by atoms with Crippen LogP contribution in [-0.2, 0) is 4.79 Å². The van der Waals surface area contributed by atoms with Crippen molar-refractivity contribution in [1.29, 1.82) is 0 Å². The molecule has 27 heavy (non-hydrogen) atoms. The summed E-state index contributed by atoms with van der Waals surface area (Å²) in [5, 5.41) is 4.45. The van der Waals surface area contributed by atoms with Crippen molar-refractivity contribution in [3.63, 3.8) is 0 Å². The van der Waals surface area contributed by atoms with E-state index in [0.29, 0.717) is 36.4 Å². The first-order chi connectivity index (χ1) is 12.7. The second kappa shape index (κ2) is 7.21. The number of carbonyl (C=O) groups is 1. The second-order valence-electron chi connectivity index (χ2n) is 7.93. The zero-order chi connectivity index (χ0) is 19.9. The minimum atomic E-state index is -0.717. The number of aryl methyl sites for hydroxylation is 2. The number of nitrogen functional groups attached to an aromatic ring is 1. The van der Waals surface area contributed by atoms with Crippen molar-refractivity contribution < 1.29 is 9.21 Å². The molecule has 3 atom stereocenters. The number of aromatic nitrogens is 2. The number of carbonyl (C=O) groups excluding carboxylic acids is 1. The molecule has 2 N–H and O–H groups in total. The van der Waals surface area contributed by atoms with Gasteiger partial charge in [0.15, 0.2) is 0 Å². The molecule has 3 heterocycles. The van der Waals surface area contributed by atoms with Gasteiger partial charge in [0.05, 0.1) is 5.69 Å². The summed E-state index contributed by atoms with van der Waals surface area (Å²) in [7, 11) is 0. The molecule has 0 spiro atoms. The van der Waals surface area contributed by atoms with Gasteiger partial charge in [-0.2, -0.15) is 5.10 Å². The van der Waals surface area contributed by atoms with Crippen LogP contribution in [0.3, 0.4) is 0 Å². The smallest absolute Gasteiger partial charge is 0.290 e. The highest BCUT2D eigenvalue weighted by Gasteiger charge is 2.30. The summed E-state index contributed by atoms with van der Waals surface area (Å²) in [6.45, 7) is 11.1. The molecule has 0 radical (unpaired) electrons. The topological polar surface area (TPSA) is 94.4 Å². The average molecular weight is 372 g/mol. The fourth-order valence-electron chi connectivity index (χ4n) is 4.02. The van der Waals surface area contributed by atoms with Gasteiger partial charge >= 0.3 is 0 Å². The van der Waals surface area contributed by atoms with Crippen LogP contribution in [0.15, 0.2) is 21.3 Å². The lowest BCUT2D eigenvalue weighted by Gasteiger charge is -2.36. The quantitative estimate of drug-likeness (QED) is 0.894. The first kappa shape index (κ1) is 19.2. The lowest BCUT2D eigenvalue weighted by atomic mass is 9.91. The molecule has 7 nitrogen and oxygen atoms in total. The van der Waals surface area contributed by atoms with Crippen LogP contribution in [-0.4, -0.2) is 33.7 Å². The Balaban J connectivity index is 1.97. The minimum Gasteiger partial charge on any atom is -0.466 e. The molecule has 2 aromatic rings. The van der Waals surface area contributed by atoms with Gasteiger partial charge in [-0.25, -0.2) is 4.68 Å². The van der Waals surface area contributed by atoms with Gasteiger partial charge < -0.3 is 15.1 Å². The van der Waals surface area contributed by atoms with Crippen molar-refractivity contribution in [2.24, 2.45) is 11.8 Å². The molecule has 2 aromatic heterocycles. The Bertz CT molecular complexity index is 904. The van der Waals surface area contributed by atoms with Crippen LogP contribution in [0.5, 0.6) is 0 Å². The minimum absolute atomic E-state index is 0.0679. The average Bonchev–Trinajstić information content (AvgIpc) is 2.93. The van der Waals surface area contributed by atoms with E-state index in [1.165, 1.54) is 4.68 Å². The standard InChI is InChI=1S/C20H28N4O3/c1-11-6-12(2)10-23(9-11)19(25)14(4)24-20(26)17(21)8-18(22-24)16-7-13(3)27-15(16)5/h7-8,11-12,14H,6,9-10,21H2,1-5H3/t11-,12-,14+/m0/s1. The fourth-order valence-corrected chi connectivity index (χ4v) is 4.02. The Morgan fingerprint density at radius 2 is 1.89 bits per heavy atom. The van der Waals surface area contributed by atoms with E-state index in [2.05, 4.69) is 18.9 Å². The Labute approximate surface area is 159 Å². The van der Waals surface area contributed by atoms with Crippen LogP contribution in [0.25, 0.3) is 11.3 Å². The number of likely N-dealkylation sites (tertiary alicyclic amines) is 1. The maximum atomic E-state index is 13.0. The summed E-state index contributed by atoms with van der Waals surface area (Å²) in [5.74, 6) is 2.24. The number of amides is 1. The summed E-state index contributed by atoms with van der Waals surface area (Å²) < 4.78 is 6.77. The van der Waals surface area contributed by atoms with Crippen molar-refractivity contribution in [3.05, 3.63) is 34.0 Å². The normalized spacial score (nSPS) is 21.3. The van der Waals surface area contributed by atoms with E-state index in [0.717, 1.165) is 17.7 Å². The van der Waals surface area contributed by atoms with Gasteiger partial charge in [-0.05, 0) is 51.2 Å². The first-order valence-electron chi connectivity index (χ1n) is 9.43. The summed E-state index contributed by atoms with van der Waals surface area (Å²) in [5.41, 5.74) is 6.87. The Hall–Kier alpha value is -2.57. The van der Waals surface area contributed by atoms with Crippen LogP contribution in [0.2, 0.25) is 0 Å². The number of nitrogens with zero attached hydrogens (tertiary/aromatic N) is 3. The van der Waals surface area contributed by atoms with Gasteiger partial charge in [-0.3, -0.25) is 9.59 Å². The van der Waals surface area contributed by atoms with E-state index in [-0.39, 0.29) is 11.6 Å². The van der Waals surface area contributed by atoms with Crippen LogP contribution < -0.4 is 11.3 Å². The zero-order valence-electron chi connectivity index (χ0n) is 16.7. The molecule has 0 bridgehead atoms. The number of hydrogen-bond donors (Lipinski definition) is 1. The predicted molar refractivity (Wildman–Crippen MR) is 104 cm³/mol. The van der Waals surface area contributed by atoms with Gasteiger partial charge in [0.1, 0.15) is 23.2 Å². The fraction of sp³-hybridized carbons (Fsp3) is 0.550. The number of furan rings is 1. The molecule has 0 saturated carbocycles. The number of rotatable bonds is 3. The maximum Gasteiger partial charge on any atom is 0.290 e. The molecule has 1 amide bonds. The van der Waals surface area contributed by atoms with E-state index in [1.54, 1.807) is 13.0 Å². The molecular weight excluding hydrogens is 344 g/mol. The van der Waals surface area contributed by atoms with Crippen molar-refractivity contribution in [2.45, 2.75) is 47.1 Å². The van der Waals surface area contributed by atoms with Crippen molar-refractivity contribution in [1.82, 2.24) is 14.7 Å². The molecule has 1 aliphatic heterocycles. The molecule has 146 valence electrons. The van der Waals surface area contributed by atoms with Crippen LogP contribution >= 0.6 is 0 Å². The largest absolute Gasteiger partial charge is 0.466 e. The molecule has 0 unspecified atom stereocenters. The Kier molecular flexibility index (Phi) is 5.13. The summed E-state index contributed by atoms with van der Waals surface area (Å²) in [6, 6.07) is 2.68. The third kappa shape index (κ3) is 3.77. The van der Waals surface area contributed by atoms with Crippen LogP contribution in [0.1, 0.15) is 44.8 Å². The molecule has 3 rings (SSSR count). The Morgan fingerprint density at radius 1 is 1.26 bits per heavy atom. The van der Waals surface area contributed by atoms with E-state index >= 15 is 0 Å². The number of hydrogen-bond acceptors (Lipinski definition) is 5. The number of nitrogens with two attached hydrogens (primary N) is 1. The molecule has 1 saturated heterocycles. The maximum absolute atomic E-state index is 13.0. The van der Waals surface area contributed by atoms with Crippen molar-refractivity contribution in [2.75, 3.05) is 18.8 Å². The predicted octanol–water partition coefficient (Wildman–Crippen LogP) is 2.77. The molecule has 1 fully saturated rings. The van der Waals surface area contributed by atoms with Gasteiger partial charge in [-0.15, -0.1) is 0 Å². The highest BCUT2D eigenvalue weighted by Crippen LogP contribution is 2.26. The Morgan fingerprint density at radius 3 is 2.44 bits per heavy atom. The van der Waals surface area contributed by atoms with E-state index < -0.39 is 11.6 Å². The molecule has 0 aliphatic carbocycles. The van der Waals surface area contributed by atoms with Gasteiger partial charge in [0.2, 0.25) is 5.91 Å². The number of anilines is 1. The van der Waals surface area contributed by atoms with E-state index in [9.17, 15) is 9.59 Å².